The standard InChI is InChI=1S/C16H20N2S/c1-12-15(11-13-5-3-2-4-6-13)19-16(18-12)14-7-9-17-10-8-14/h2-6,14,17H,7-11H2,1H3. The minimum absolute atomic E-state index is 0.675. The van der Waals surface area contributed by atoms with E-state index in [1.54, 1.807) is 0 Å². The summed E-state index contributed by atoms with van der Waals surface area (Å²) in [6, 6.07) is 10.7. The molecule has 0 unspecified atom stereocenters. The Morgan fingerprint density at radius 3 is 2.68 bits per heavy atom. The number of benzene rings is 1. The Morgan fingerprint density at radius 1 is 1.21 bits per heavy atom. The van der Waals surface area contributed by atoms with Crippen LogP contribution in [0.15, 0.2) is 30.3 Å². The van der Waals surface area contributed by atoms with Crippen LogP contribution in [0.1, 0.15) is 39.9 Å². The van der Waals surface area contributed by atoms with Crippen molar-refractivity contribution < 1.29 is 0 Å². The number of hydrogen-bond acceptors (Lipinski definition) is 3. The first-order valence-electron chi connectivity index (χ1n) is 7.04. The predicted molar refractivity (Wildman–Crippen MR) is 80.9 cm³/mol. The number of hydrogen-bond donors (Lipinski definition) is 1. The fraction of sp³-hybridized carbons (Fsp3) is 0.438. The molecule has 2 nitrogen and oxygen atoms in total. The lowest BCUT2D eigenvalue weighted by atomic mass is 9.99. The minimum atomic E-state index is 0.675. The molecule has 0 saturated carbocycles. The Labute approximate surface area is 118 Å². The topological polar surface area (TPSA) is 24.9 Å². The Balaban J connectivity index is 1.77. The largest absolute Gasteiger partial charge is 0.317 e. The highest BCUT2D eigenvalue weighted by Gasteiger charge is 2.19. The number of thiazole rings is 1. The maximum Gasteiger partial charge on any atom is 0.0962 e. The first-order valence-corrected chi connectivity index (χ1v) is 7.85. The summed E-state index contributed by atoms with van der Waals surface area (Å²) < 4.78 is 0. The Morgan fingerprint density at radius 2 is 1.95 bits per heavy atom. The molecule has 3 heteroatoms. The summed E-state index contributed by atoms with van der Waals surface area (Å²) in [7, 11) is 0. The van der Waals surface area contributed by atoms with Crippen LogP contribution in [0.2, 0.25) is 0 Å². The second-order valence-electron chi connectivity index (χ2n) is 5.25. The highest BCUT2D eigenvalue weighted by atomic mass is 32.1. The molecule has 0 aliphatic carbocycles. The molecule has 100 valence electrons. The number of nitrogens with zero attached hydrogens (tertiary/aromatic N) is 1. The van der Waals surface area contributed by atoms with Crippen molar-refractivity contribution in [2.45, 2.75) is 32.1 Å². The maximum atomic E-state index is 4.82. The van der Waals surface area contributed by atoms with E-state index in [0.29, 0.717) is 5.92 Å². The Bertz CT molecular complexity index is 527. The maximum absolute atomic E-state index is 4.82. The Hall–Kier alpha value is -1.19. The molecule has 2 aromatic rings. The fourth-order valence-corrected chi connectivity index (χ4v) is 3.91. The highest BCUT2D eigenvalue weighted by Crippen LogP contribution is 2.31. The molecule has 19 heavy (non-hydrogen) atoms. The third kappa shape index (κ3) is 3.04. The molecule has 1 saturated heterocycles. The van der Waals surface area contributed by atoms with E-state index in [0.717, 1.165) is 19.5 Å². The van der Waals surface area contributed by atoms with Gasteiger partial charge in [-0.25, -0.2) is 4.98 Å². The van der Waals surface area contributed by atoms with Crippen LogP contribution in [0.25, 0.3) is 0 Å². The van der Waals surface area contributed by atoms with Crippen molar-refractivity contribution in [1.82, 2.24) is 10.3 Å². The molecule has 0 bridgehead atoms. The Kier molecular flexibility index (Phi) is 3.95. The molecule has 0 radical (unpaired) electrons. The summed E-state index contributed by atoms with van der Waals surface area (Å²) in [4.78, 5) is 6.25. The van der Waals surface area contributed by atoms with Crippen LogP contribution in [-0.2, 0) is 6.42 Å². The monoisotopic (exact) mass is 272 g/mol. The molecule has 1 fully saturated rings. The molecule has 1 aromatic heterocycles. The lowest BCUT2D eigenvalue weighted by Gasteiger charge is -2.20. The second-order valence-corrected chi connectivity index (χ2v) is 6.36. The molecule has 0 amide bonds. The van der Waals surface area contributed by atoms with E-state index in [-0.39, 0.29) is 0 Å². The van der Waals surface area contributed by atoms with Gasteiger partial charge in [-0.15, -0.1) is 11.3 Å². The lowest BCUT2D eigenvalue weighted by Crippen LogP contribution is -2.26. The van der Waals surface area contributed by atoms with Gasteiger partial charge in [0.25, 0.3) is 0 Å². The highest BCUT2D eigenvalue weighted by molar-refractivity contribution is 7.11. The lowest BCUT2D eigenvalue weighted by molar-refractivity contribution is 0.459. The molecule has 1 aromatic carbocycles. The number of aryl methyl sites for hydroxylation is 1. The third-order valence-corrected chi connectivity index (χ3v) is 5.13. The normalized spacial score (nSPS) is 16.7. The van der Waals surface area contributed by atoms with Crippen LogP contribution in [0.4, 0.5) is 0 Å². The molecule has 1 N–H and O–H groups in total. The SMILES string of the molecule is Cc1nc(C2CCNCC2)sc1Cc1ccccc1. The molecular weight excluding hydrogens is 252 g/mol. The number of rotatable bonds is 3. The molecule has 2 heterocycles. The third-order valence-electron chi connectivity index (χ3n) is 3.81. The zero-order chi connectivity index (χ0) is 13.1. The van der Waals surface area contributed by atoms with Crippen molar-refractivity contribution in [2.75, 3.05) is 13.1 Å². The number of piperidine rings is 1. The van der Waals surface area contributed by atoms with E-state index in [1.807, 2.05) is 11.3 Å². The zero-order valence-electron chi connectivity index (χ0n) is 11.4. The first-order chi connectivity index (χ1) is 9.33. The predicted octanol–water partition coefficient (Wildman–Crippen LogP) is 3.51. The summed E-state index contributed by atoms with van der Waals surface area (Å²) in [6.45, 7) is 4.42. The number of aromatic nitrogens is 1. The zero-order valence-corrected chi connectivity index (χ0v) is 12.2. The van der Waals surface area contributed by atoms with E-state index in [9.17, 15) is 0 Å². The van der Waals surface area contributed by atoms with Gasteiger partial charge in [0.15, 0.2) is 0 Å². The van der Waals surface area contributed by atoms with Gasteiger partial charge in [-0.2, -0.15) is 0 Å². The van der Waals surface area contributed by atoms with Gasteiger partial charge in [0, 0.05) is 17.2 Å². The van der Waals surface area contributed by atoms with Crippen LogP contribution < -0.4 is 5.32 Å². The van der Waals surface area contributed by atoms with E-state index in [2.05, 4.69) is 42.6 Å². The van der Waals surface area contributed by atoms with E-state index in [4.69, 9.17) is 4.98 Å². The molecule has 0 atom stereocenters. The van der Waals surface area contributed by atoms with Gasteiger partial charge < -0.3 is 5.32 Å². The minimum Gasteiger partial charge on any atom is -0.317 e. The van der Waals surface area contributed by atoms with Crippen molar-refractivity contribution >= 4 is 11.3 Å². The van der Waals surface area contributed by atoms with Gasteiger partial charge in [0.2, 0.25) is 0 Å². The van der Waals surface area contributed by atoms with Gasteiger partial charge >= 0.3 is 0 Å². The van der Waals surface area contributed by atoms with Crippen molar-refractivity contribution in [3.63, 3.8) is 0 Å². The second kappa shape index (κ2) is 5.85. The van der Waals surface area contributed by atoms with Crippen LogP contribution in [-0.4, -0.2) is 18.1 Å². The van der Waals surface area contributed by atoms with Crippen molar-refractivity contribution in [3.8, 4) is 0 Å². The van der Waals surface area contributed by atoms with Crippen molar-refractivity contribution in [1.29, 1.82) is 0 Å². The summed E-state index contributed by atoms with van der Waals surface area (Å²) in [5.41, 5.74) is 2.61. The smallest absolute Gasteiger partial charge is 0.0962 e. The van der Waals surface area contributed by atoms with Gasteiger partial charge in [-0.05, 0) is 38.4 Å². The summed E-state index contributed by atoms with van der Waals surface area (Å²) in [5.74, 6) is 0.675. The number of nitrogens with one attached hydrogen (secondary N) is 1. The van der Waals surface area contributed by atoms with Crippen LogP contribution in [0.5, 0.6) is 0 Å². The quantitative estimate of drug-likeness (QED) is 0.925. The average Bonchev–Trinajstić information content (AvgIpc) is 2.82. The van der Waals surface area contributed by atoms with E-state index < -0.39 is 0 Å². The van der Waals surface area contributed by atoms with E-state index >= 15 is 0 Å². The fourth-order valence-electron chi connectivity index (χ4n) is 2.64. The van der Waals surface area contributed by atoms with Crippen LogP contribution in [0, 0.1) is 6.92 Å². The van der Waals surface area contributed by atoms with Crippen molar-refractivity contribution in [3.05, 3.63) is 51.5 Å². The molecular formula is C16H20N2S. The van der Waals surface area contributed by atoms with Gasteiger partial charge in [-0.1, -0.05) is 30.3 Å². The van der Waals surface area contributed by atoms with Gasteiger partial charge in [-0.3, -0.25) is 0 Å². The summed E-state index contributed by atoms with van der Waals surface area (Å²) >= 11 is 1.92. The summed E-state index contributed by atoms with van der Waals surface area (Å²) in [5, 5.41) is 4.77. The average molecular weight is 272 g/mol. The summed E-state index contributed by atoms with van der Waals surface area (Å²) in [6.07, 6.45) is 3.49. The van der Waals surface area contributed by atoms with Gasteiger partial charge in [0.05, 0.1) is 10.7 Å². The molecule has 1 aliphatic heterocycles. The first kappa shape index (κ1) is 12.8. The van der Waals surface area contributed by atoms with E-state index in [1.165, 1.54) is 34.0 Å². The molecule has 3 rings (SSSR count). The molecule has 0 spiro atoms. The van der Waals surface area contributed by atoms with Crippen LogP contribution >= 0.6 is 11.3 Å². The van der Waals surface area contributed by atoms with Crippen LogP contribution in [0.3, 0.4) is 0 Å². The molecule has 1 aliphatic rings. The van der Waals surface area contributed by atoms with Crippen molar-refractivity contribution in [2.24, 2.45) is 0 Å². The van der Waals surface area contributed by atoms with Gasteiger partial charge in [0.1, 0.15) is 0 Å².